The summed E-state index contributed by atoms with van der Waals surface area (Å²) in [4.78, 5) is 11.7. The lowest BCUT2D eigenvalue weighted by molar-refractivity contribution is 0.0517. The second-order valence-electron chi connectivity index (χ2n) is 5.12. The van der Waals surface area contributed by atoms with Crippen molar-refractivity contribution in [1.29, 1.82) is 0 Å². The van der Waals surface area contributed by atoms with Crippen LogP contribution in [0.4, 0.5) is 0 Å². The number of aryl methyl sites for hydroxylation is 1. The minimum absolute atomic E-state index is 0.160. The first-order chi connectivity index (χ1) is 8.40. The maximum Gasteiger partial charge on any atom is 0.358 e. The number of aromatic nitrogens is 2. The highest BCUT2D eigenvalue weighted by molar-refractivity contribution is 6.17. The number of halogens is 1. The van der Waals surface area contributed by atoms with E-state index in [1.807, 2.05) is 4.68 Å². The minimum atomic E-state index is -0.368. The quantitative estimate of drug-likeness (QED) is 0.611. The van der Waals surface area contributed by atoms with E-state index in [9.17, 15) is 4.79 Å². The summed E-state index contributed by atoms with van der Waals surface area (Å²) in [5.74, 6) is 0.233. The van der Waals surface area contributed by atoms with Crippen LogP contribution in [0.15, 0.2) is 6.07 Å². The first kappa shape index (κ1) is 15.0. The molecule has 0 N–H and O–H groups in total. The van der Waals surface area contributed by atoms with Crippen molar-refractivity contribution < 1.29 is 9.53 Å². The fourth-order valence-electron chi connectivity index (χ4n) is 1.73. The van der Waals surface area contributed by atoms with Crippen LogP contribution >= 0.6 is 11.6 Å². The third-order valence-corrected chi connectivity index (χ3v) is 2.74. The van der Waals surface area contributed by atoms with Crippen LogP contribution in [0.25, 0.3) is 0 Å². The van der Waals surface area contributed by atoms with Gasteiger partial charge in [-0.15, -0.1) is 11.6 Å². The molecule has 1 aromatic heterocycles. The Balaban J connectivity index is 3.03. The summed E-state index contributed by atoms with van der Waals surface area (Å²) in [6, 6.07) is 1.80. The highest BCUT2D eigenvalue weighted by Crippen LogP contribution is 2.19. The van der Waals surface area contributed by atoms with E-state index in [2.05, 4.69) is 25.9 Å². The number of nitrogens with zero attached hydrogens (tertiary/aromatic N) is 2. The molecule has 0 aliphatic heterocycles. The highest BCUT2D eigenvalue weighted by atomic mass is 35.5. The zero-order chi connectivity index (χ0) is 13.8. The third kappa shape index (κ3) is 3.73. The summed E-state index contributed by atoms with van der Waals surface area (Å²) in [5, 5.41) is 4.35. The van der Waals surface area contributed by atoms with Crippen LogP contribution in [-0.4, -0.2) is 28.2 Å². The Morgan fingerprint density at radius 3 is 2.67 bits per heavy atom. The molecule has 0 radical (unpaired) electrons. The molecule has 0 unspecified atom stereocenters. The summed E-state index contributed by atoms with van der Waals surface area (Å²) in [6.45, 7) is 8.31. The Kier molecular flexibility index (Phi) is 5.20. The van der Waals surface area contributed by atoms with Crippen molar-refractivity contribution in [3.05, 3.63) is 17.5 Å². The van der Waals surface area contributed by atoms with Gasteiger partial charge in [0.1, 0.15) is 0 Å². The van der Waals surface area contributed by atoms with Gasteiger partial charge in [0, 0.05) is 11.6 Å². The fourth-order valence-corrected chi connectivity index (χ4v) is 1.87. The number of hydrogen-bond donors (Lipinski definition) is 0. The molecule has 0 bridgehead atoms. The Hall–Kier alpha value is -1.03. The van der Waals surface area contributed by atoms with Crippen molar-refractivity contribution >= 4 is 17.6 Å². The Morgan fingerprint density at radius 1 is 1.50 bits per heavy atom. The van der Waals surface area contributed by atoms with Crippen molar-refractivity contribution in [2.24, 2.45) is 0 Å². The summed E-state index contributed by atoms with van der Waals surface area (Å²) >= 11 is 5.72. The highest BCUT2D eigenvalue weighted by Gasteiger charge is 2.22. The molecule has 18 heavy (non-hydrogen) atoms. The second kappa shape index (κ2) is 6.23. The van der Waals surface area contributed by atoms with E-state index in [1.54, 1.807) is 13.0 Å². The van der Waals surface area contributed by atoms with Gasteiger partial charge in [0.05, 0.1) is 12.1 Å². The summed E-state index contributed by atoms with van der Waals surface area (Å²) in [7, 11) is 0. The van der Waals surface area contributed by atoms with Crippen molar-refractivity contribution in [2.45, 2.75) is 46.1 Å². The van der Waals surface area contributed by atoms with Crippen LogP contribution in [0.2, 0.25) is 0 Å². The van der Waals surface area contributed by atoms with Gasteiger partial charge in [0.2, 0.25) is 0 Å². The van der Waals surface area contributed by atoms with E-state index in [0.717, 1.165) is 18.5 Å². The van der Waals surface area contributed by atoms with Crippen LogP contribution in [0.1, 0.15) is 50.3 Å². The van der Waals surface area contributed by atoms with Gasteiger partial charge >= 0.3 is 5.97 Å². The summed E-state index contributed by atoms with van der Waals surface area (Å²) in [5.41, 5.74) is 1.23. The van der Waals surface area contributed by atoms with Crippen molar-refractivity contribution in [3.63, 3.8) is 0 Å². The smallest absolute Gasteiger partial charge is 0.358 e. The van der Waals surface area contributed by atoms with Gasteiger partial charge in [-0.2, -0.15) is 5.10 Å². The average molecular weight is 273 g/mol. The van der Waals surface area contributed by atoms with Crippen LogP contribution in [0, 0.1) is 0 Å². The molecule has 0 aromatic carbocycles. The normalized spacial score (nSPS) is 11.6. The van der Waals surface area contributed by atoms with Gasteiger partial charge < -0.3 is 4.74 Å². The molecule has 1 heterocycles. The molecule has 4 nitrogen and oxygen atoms in total. The van der Waals surface area contributed by atoms with E-state index >= 15 is 0 Å². The molecule has 102 valence electrons. The predicted molar refractivity (Wildman–Crippen MR) is 72.2 cm³/mol. The van der Waals surface area contributed by atoms with E-state index in [-0.39, 0.29) is 11.5 Å². The van der Waals surface area contributed by atoms with Gasteiger partial charge in [-0.1, -0.05) is 0 Å². The molecule has 0 saturated carbocycles. The maximum atomic E-state index is 11.7. The van der Waals surface area contributed by atoms with Crippen molar-refractivity contribution in [3.8, 4) is 0 Å². The summed E-state index contributed by atoms with van der Waals surface area (Å²) < 4.78 is 6.85. The van der Waals surface area contributed by atoms with Crippen molar-refractivity contribution in [1.82, 2.24) is 9.78 Å². The standard InChI is InChI=1S/C13H21ClN2O2/c1-5-18-12(17)11-9-10(7-6-8-14)16(15-11)13(2,3)4/h9H,5-8H2,1-4H3. The van der Waals surface area contributed by atoms with Crippen LogP contribution in [-0.2, 0) is 16.7 Å². The molecule has 0 amide bonds. The first-order valence-corrected chi connectivity index (χ1v) is 6.76. The molecule has 5 heteroatoms. The molecule has 1 rings (SSSR count). The zero-order valence-electron chi connectivity index (χ0n) is 11.5. The lowest BCUT2D eigenvalue weighted by atomic mass is 10.1. The molecule has 0 atom stereocenters. The first-order valence-electron chi connectivity index (χ1n) is 6.22. The molecule has 1 aromatic rings. The van der Waals surface area contributed by atoms with Gasteiger partial charge in [-0.05, 0) is 46.6 Å². The van der Waals surface area contributed by atoms with E-state index < -0.39 is 0 Å². The molecule has 0 aliphatic rings. The number of ether oxygens (including phenoxy) is 1. The lowest BCUT2D eigenvalue weighted by Gasteiger charge is -2.22. The second-order valence-corrected chi connectivity index (χ2v) is 5.49. The molecule has 0 saturated heterocycles. The maximum absolute atomic E-state index is 11.7. The molecule has 0 spiro atoms. The molecular formula is C13H21ClN2O2. The Labute approximate surface area is 113 Å². The molecule has 0 fully saturated rings. The largest absolute Gasteiger partial charge is 0.461 e. The Morgan fingerprint density at radius 2 is 2.17 bits per heavy atom. The van der Waals surface area contributed by atoms with Crippen LogP contribution in [0.5, 0.6) is 0 Å². The van der Waals surface area contributed by atoms with Crippen molar-refractivity contribution in [2.75, 3.05) is 12.5 Å². The molecule has 0 aliphatic carbocycles. The zero-order valence-corrected chi connectivity index (χ0v) is 12.3. The summed E-state index contributed by atoms with van der Waals surface area (Å²) in [6.07, 6.45) is 1.68. The van der Waals surface area contributed by atoms with Gasteiger partial charge in [-0.25, -0.2) is 4.79 Å². The lowest BCUT2D eigenvalue weighted by Crippen LogP contribution is -2.25. The average Bonchev–Trinajstić information content (AvgIpc) is 2.70. The third-order valence-electron chi connectivity index (χ3n) is 2.47. The number of esters is 1. The van der Waals surface area contributed by atoms with E-state index in [1.165, 1.54) is 0 Å². The Bertz CT molecular complexity index is 408. The van der Waals surface area contributed by atoms with Gasteiger partial charge in [-0.3, -0.25) is 4.68 Å². The van der Waals surface area contributed by atoms with Crippen LogP contribution in [0.3, 0.4) is 0 Å². The number of hydrogen-bond acceptors (Lipinski definition) is 3. The number of alkyl halides is 1. The molecular weight excluding hydrogens is 252 g/mol. The number of carbonyl (C=O) groups excluding carboxylic acids is 1. The van der Waals surface area contributed by atoms with E-state index in [0.29, 0.717) is 18.2 Å². The SMILES string of the molecule is CCOC(=O)c1cc(CCCCl)n(C(C)(C)C)n1. The minimum Gasteiger partial charge on any atom is -0.461 e. The van der Waals surface area contributed by atoms with Crippen LogP contribution < -0.4 is 0 Å². The van der Waals surface area contributed by atoms with Gasteiger partial charge in [0.25, 0.3) is 0 Å². The van der Waals surface area contributed by atoms with Gasteiger partial charge in [0.15, 0.2) is 5.69 Å². The monoisotopic (exact) mass is 272 g/mol. The van der Waals surface area contributed by atoms with E-state index in [4.69, 9.17) is 16.3 Å². The number of carbonyl (C=O) groups is 1. The fraction of sp³-hybridized carbons (Fsp3) is 0.692. The topological polar surface area (TPSA) is 44.1 Å². The predicted octanol–water partition coefficient (Wildman–Crippen LogP) is 2.99. The number of rotatable bonds is 5.